The molecule has 2 N–H and O–H groups in total. The van der Waals surface area contributed by atoms with Gasteiger partial charge in [0, 0.05) is 31.7 Å². The predicted molar refractivity (Wildman–Crippen MR) is 80.2 cm³/mol. The third kappa shape index (κ3) is 3.67. The van der Waals surface area contributed by atoms with Crippen LogP contribution in [0.3, 0.4) is 0 Å². The highest BCUT2D eigenvalue weighted by Crippen LogP contribution is 2.11. The molecule has 4 nitrogen and oxygen atoms in total. The van der Waals surface area contributed by atoms with Gasteiger partial charge >= 0.3 is 0 Å². The summed E-state index contributed by atoms with van der Waals surface area (Å²) < 4.78 is 0. The van der Waals surface area contributed by atoms with Crippen molar-refractivity contribution in [3.8, 4) is 0 Å². The fourth-order valence-corrected chi connectivity index (χ4v) is 2.43. The Morgan fingerprint density at radius 3 is 2.47 bits per heavy atom. The second-order valence-electron chi connectivity index (χ2n) is 4.66. The van der Waals surface area contributed by atoms with Crippen LogP contribution in [0.5, 0.6) is 0 Å². The molecular weight excluding hydrogens is 258 g/mol. The lowest BCUT2D eigenvalue weighted by Crippen LogP contribution is -2.48. The first-order chi connectivity index (χ1) is 9.20. The maximum atomic E-state index is 12.0. The molecule has 0 saturated carbocycles. The minimum atomic E-state index is 0.00948. The maximum Gasteiger partial charge on any atom is 0.251 e. The molecule has 0 radical (unpaired) electrons. The lowest BCUT2D eigenvalue weighted by Gasteiger charge is -2.33. The first-order valence-corrected chi connectivity index (χ1v) is 6.94. The second-order valence-corrected chi connectivity index (χ2v) is 5.04. The minimum absolute atomic E-state index is 0.00948. The summed E-state index contributed by atoms with van der Waals surface area (Å²) in [6, 6.07) is 9.57. The van der Waals surface area contributed by atoms with E-state index < -0.39 is 0 Å². The number of hydrogen-bond acceptors (Lipinski definition) is 2. The fourth-order valence-electron chi connectivity index (χ4n) is 2.24. The standard InChI is InChI=1S/C14H19N3OS/c1-15-14(19)17-9-7-12(8-10-17)16-13(18)11-5-3-2-4-6-11/h2-6,12H,7-10H2,1H3,(H,15,19)(H,16,18). The summed E-state index contributed by atoms with van der Waals surface area (Å²) in [7, 11) is 1.84. The van der Waals surface area contributed by atoms with Gasteiger partial charge in [0.15, 0.2) is 5.11 Å². The lowest BCUT2D eigenvalue weighted by atomic mass is 10.0. The molecule has 0 aliphatic carbocycles. The van der Waals surface area contributed by atoms with Crippen molar-refractivity contribution in [2.24, 2.45) is 0 Å². The number of thiocarbonyl (C=S) groups is 1. The number of rotatable bonds is 2. The zero-order chi connectivity index (χ0) is 13.7. The second kappa shape index (κ2) is 6.52. The molecule has 0 spiro atoms. The molecule has 1 aromatic rings. The van der Waals surface area contributed by atoms with Gasteiger partial charge in [-0.1, -0.05) is 18.2 Å². The van der Waals surface area contributed by atoms with Gasteiger partial charge in [-0.3, -0.25) is 4.79 Å². The summed E-state index contributed by atoms with van der Waals surface area (Å²) in [5.41, 5.74) is 0.718. The van der Waals surface area contributed by atoms with E-state index >= 15 is 0 Å². The van der Waals surface area contributed by atoms with Gasteiger partial charge < -0.3 is 15.5 Å². The Kier molecular flexibility index (Phi) is 4.74. The van der Waals surface area contributed by atoms with Gasteiger partial charge in [-0.05, 0) is 37.2 Å². The molecule has 2 rings (SSSR count). The molecule has 1 aliphatic rings. The SMILES string of the molecule is CNC(=S)N1CCC(NC(=O)c2ccccc2)CC1. The number of carbonyl (C=O) groups excluding carboxylic acids is 1. The van der Waals surface area contributed by atoms with E-state index in [1.54, 1.807) is 0 Å². The van der Waals surface area contributed by atoms with Crippen LogP contribution in [0, 0.1) is 0 Å². The van der Waals surface area contributed by atoms with Gasteiger partial charge in [-0.25, -0.2) is 0 Å². The Morgan fingerprint density at radius 2 is 1.89 bits per heavy atom. The Bertz CT molecular complexity index is 441. The van der Waals surface area contributed by atoms with Crippen LogP contribution in [0.4, 0.5) is 0 Å². The van der Waals surface area contributed by atoms with Crippen LogP contribution in [0.15, 0.2) is 30.3 Å². The van der Waals surface area contributed by atoms with Crippen LogP contribution in [-0.4, -0.2) is 42.1 Å². The molecule has 1 heterocycles. The van der Waals surface area contributed by atoms with E-state index in [1.807, 2.05) is 37.4 Å². The smallest absolute Gasteiger partial charge is 0.251 e. The van der Waals surface area contributed by atoms with Crippen LogP contribution in [0.25, 0.3) is 0 Å². The van der Waals surface area contributed by atoms with Gasteiger partial charge in [-0.15, -0.1) is 0 Å². The van der Waals surface area contributed by atoms with E-state index in [-0.39, 0.29) is 11.9 Å². The third-order valence-corrected chi connectivity index (χ3v) is 3.83. The fraction of sp³-hybridized carbons (Fsp3) is 0.429. The van der Waals surface area contributed by atoms with Gasteiger partial charge in [0.2, 0.25) is 0 Å². The van der Waals surface area contributed by atoms with Crippen LogP contribution >= 0.6 is 12.2 Å². The topological polar surface area (TPSA) is 44.4 Å². The average Bonchev–Trinajstić information content (AvgIpc) is 2.48. The van der Waals surface area contributed by atoms with E-state index in [0.29, 0.717) is 0 Å². The summed E-state index contributed by atoms with van der Waals surface area (Å²) >= 11 is 5.21. The molecule has 1 aliphatic heterocycles. The molecule has 1 saturated heterocycles. The Balaban J connectivity index is 1.83. The van der Waals surface area contributed by atoms with Gasteiger partial charge in [0.25, 0.3) is 5.91 Å². The van der Waals surface area contributed by atoms with Gasteiger partial charge in [-0.2, -0.15) is 0 Å². The number of hydrogen-bond donors (Lipinski definition) is 2. The average molecular weight is 277 g/mol. The molecule has 5 heteroatoms. The van der Waals surface area contributed by atoms with Crippen molar-refractivity contribution < 1.29 is 4.79 Å². The van der Waals surface area contributed by atoms with Crippen molar-refractivity contribution in [3.05, 3.63) is 35.9 Å². The Morgan fingerprint density at radius 1 is 1.26 bits per heavy atom. The molecule has 1 amide bonds. The van der Waals surface area contributed by atoms with Crippen LogP contribution in [0.2, 0.25) is 0 Å². The first kappa shape index (κ1) is 13.8. The summed E-state index contributed by atoms with van der Waals surface area (Å²) in [5.74, 6) is 0.00948. The molecule has 1 fully saturated rings. The number of amides is 1. The van der Waals surface area contributed by atoms with E-state index in [1.165, 1.54) is 0 Å². The van der Waals surface area contributed by atoms with Crippen molar-refractivity contribution >= 4 is 23.2 Å². The lowest BCUT2D eigenvalue weighted by molar-refractivity contribution is 0.0922. The number of nitrogens with zero attached hydrogens (tertiary/aromatic N) is 1. The number of piperidine rings is 1. The van der Waals surface area contributed by atoms with Crippen molar-refractivity contribution in [3.63, 3.8) is 0 Å². The van der Waals surface area contributed by atoms with E-state index in [9.17, 15) is 4.79 Å². The molecule has 1 aromatic carbocycles. The summed E-state index contributed by atoms with van der Waals surface area (Å²) in [4.78, 5) is 14.2. The van der Waals surface area contributed by atoms with Crippen molar-refractivity contribution in [2.45, 2.75) is 18.9 Å². The monoisotopic (exact) mass is 277 g/mol. The Hall–Kier alpha value is -1.62. The molecule has 0 aromatic heterocycles. The first-order valence-electron chi connectivity index (χ1n) is 6.53. The summed E-state index contributed by atoms with van der Waals surface area (Å²) in [6.07, 6.45) is 1.86. The predicted octanol–water partition coefficient (Wildman–Crippen LogP) is 1.39. The highest BCUT2D eigenvalue weighted by molar-refractivity contribution is 7.80. The van der Waals surface area contributed by atoms with Gasteiger partial charge in [0.05, 0.1) is 0 Å². The van der Waals surface area contributed by atoms with Crippen molar-refractivity contribution in [1.29, 1.82) is 0 Å². The quantitative estimate of drug-likeness (QED) is 0.802. The van der Waals surface area contributed by atoms with Gasteiger partial charge in [0.1, 0.15) is 0 Å². The van der Waals surface area contributed by atoms with Crippen molar-refractivity contribution in [1.82, 2.24) is 15.5 Å². The molecule has 102 valence electrons. The number of likely N-dealkylation sites (tertiary alicyclic amines) is 1. The van der Waals surface area contributed by atoms with Crippen LogP contribution in [-0.2, 0) is 0 Å². The molecule has 0 atom stereocenters. The molecular formula is C14H19N3OS. The highest BCUT2D eigenvalue weighted by Gasteiger charge is 2.21. The number of carbonyl (C=O) groups is 1. The number of benzene rings is 1. The number of nitrogens with one attached hydrogen (secondary N) is 2. The third-order valence-electron chi connectivity index (χ3n) is 3.37. The summed E-state index contributed by atoms with van der Waals surface area (Å²) in [6.45, 7) is 1.78. The highest BCUT2D eigenvalue weighted by atomic mass is 32.1. The molecule has 0 unspecified atom stereocenters. The van der Waals surface area contributed by atoms with E-state index in [4.69, 9.17) is 12.2 Å². The zero-order valence-electron chi connectivity index (χ0n) is 11.1. The summed E-state index contributed by atoms with van der Waals surface area (Å²) in [5, 5.41) is 6.85. The Labute approximate surface area is 119 Å². The molecule has 0 bridgehead atoms. The normalized spacial score (nSPS) is 15.9. The minimum Gasteiger partial charge on any atom is -0.366 e. The largest absolute Gasteiger partial charge is 0.366 e. The molecule has 19 heavy (non-hydrogen) atoms. The maximum absolute atomic E-state index is 12.0. The van der Waals surface area contributed by atoms with Crippen LogP contribution < -0.4 is 10.6 Å². The zero-order valence-corrected chi connectivity index (χ0v) is 11.9. The van der Waals surface area contributed by atoms with Crippen LogP contribution in [0.1, 0.15) is 23.2 Å². The van der Waals surface area contributed by atoms with Crippen molar-refractivity contribution in [2.75, 3.05) is 20.1 Å². The van der Waals surface area contributed by atoms with E-state index in [2.05, 4.69) is 15.5 Å². The van der Waals surface area contributed by atoms with E-state index in [0.717, 1.165) is 36.6 Å².